The molecule has 2 aromatic rings. The smallest absolute Gasteiger partial charge is 0.256 e. The van der Waals surface area contributed by atoms with Crippen LogP contribution < -0.4 is 10.1 Å². The summed E-state index contributed by atoms with van der Waals surface area (Å²) >= 11 is 0. The molecule has 0 aromatic heterocycles. The summed E-state index contributed by atoms with van der Waals surface area (Å²) in [6.07, 6.45) is 4.89. The molecule has 1 amide bonds. The Kier molecular flexibility index (Phi) is 5.28. The molecule has 4 heteroatoms. The maximum Gasteiger partial charge on any atom is 0.256 e. The summed E-state index contributed by atoms with van der Waals surface area (Å²) < 4.78 is 11.6. The van der Waals surface area contributed by atoms with Crippen molar-refractivity contribution in [1.82, 2.24) is 0 Å². The van der Waals surface area contributed by atoms with Gasteiger partial charge in [-0.2, -0.15) is 0 Å². The van der Waals surface area contributed by atoms with Crippen LogP contribution in [0.2, 0.25) is 0 Å². The molecule has 1 N–H and O–H groups in total. The van der Waals surface area contributed by atoms with Gasteiger partial charge in [-0.3, -0.25) is 4.79 Å². The van der Waals surface area contributed by atoms with E-state index in [9.17, 15) is 4.79 Å². The minimum atomic E-state index is -0.702. The summed E-state index contributed by atoms with van der Waals surface area (Å²) in [7, 11) is 1.64. The number of hydrogen-bond acceptors (Lipinski definition) is 3. The summed E-state index contributed by atoms with van der Waals surface area (Å²) in [5, 5.41) is 5.09. The van der Waals surface area contributed by atoms with Gasteiger partial charge in [-0.15, -0.1) is 0 Å². The fraction of sp³-hybridized carbons (Fsp3) is 0.476. The lowest BCUT2D eigenvalue weighted by atomic mass is 9.83. The van der Waals surface area contributed by atoms with E-state index in [0.717, 1.165) is 47.9 Å². The van der Waals surface area contributed by atoms with Crippen molar-refractivity contribution in [2.45, 2.75) is 57.7 Å². The van der Waals surface area contributed by atoms with E-state index in [1.807, 2.05) is 50.2 Å². The molecule has 0 heterocycles. The monoisotopic (exact) mass is 341 g/mol. The van der Waals surface area contributed by atoms with Crippen LogP contribution in [-0.4, -0.2) is 24.7 Å². The fourth-order valence-corrected chi connectivity index (χ4v) is 3.62. The van der Waals surface area contributed by atoms with Crippen molar-refractivity contribution >= 4 is 22.4 Å². The fourth-order valence-electron chi connectivity index (χ4n) is 3.62. The van der Waals surface area contributed by atoms with E-state index < -0.39 is 5.60 Å². The predicted molar refractivity (Wildman–Crippen MR) is 101 cm³/mol. The van der Waals surface area contributed by atoms with Crippen molar-refractivity contribution in [2.75, 3.05) is 12.4 Å². The second-order valence-corrected chi connectivity index (χ2v) is 7.04. The Labute approximate surface area is 149 Å². The lowest BCUT2D eigenvalue weighted by Gasteiger charge is -2.34. The van der Waals surface area contributed by atoms with Gasteiger partial charge in [-0.1, -0.05) is 43.5 Å². The summed E-state index contributed by atoms with van der Waals surface area (Å²) in [5.74, 6) is 0.792. The molecule has 1 saturated carbocycles. The van der Waals surface area contributed by atoms with Crippen molar-refractivity contribution in [3.05, 3.63) is 36.4 Å². The van der Waals surface area contributed by atoms with Gasteiger partial charge in [0.25, 0.3) is 5.91 Å². The van der Waals surface area contributed by atoms with E-state index in [2.05, 4.69) is 5.32 Å². The molecule has 2 aromatic carbocycles. The third-order valence-electron chi connectivity index (χ3n) is 4.96. The average molecular weight is 341 g/mol. The Morgan fingerprint density at radius 2 is 1.72 bits per heavy atom. The second-order valence-electron chi connectivity index (χ2n) is 7.04. The average Bonchev–Trinajstić information content (AvgIpc) is 2.64. The van der Waals surface area contributed by atoms with Gasteiger partial charge in [-0.05, 0) is 38.8 Å². The minimum Gasteiger partial charge on any atom is -0.490 e. The summed E-state index contributed by atoms with van der Waals surface area (Å²) in [6.45, 7) is 4.02. The molecule has 0 aliphatic heterocycles. The van der Waals surface area contributed by atoms with E-state index in [4.69, 9.17) is 9.47 Å². The minimum absolute atomic E-state index is 0.0441. The quantitative estimate of drug-likeness (QED) is 0.840. The van der Waals surface area contributed by atoms with Crippen LogP contribution in [0.15, 0.2) is 36.4 Å². The van der Waals surface area contributed by atoms with Crippen LogP contribution in [0.3, 0.4) is 0 Å². The molecule has 4 nitrogen and oxygen atoms in total. The third-order valence-corrected chi connectivity index (χ3v) is 4.96. The highest BCUT2D eigenvalue weighted by atomic mass is 16.5. The first kappa shape index (κ1) is 17.7. The van der Waals surface area contributed by atoms with Gasteiger partial charge >= 0.3 is 0 Å². The SMILES string of the molecule is COC1(C(=O)Nc2ccc(OC(C)C)c3ccccc23)CCCCC1. The number of nitrogens with one attached hydrogen (secondary N) is 1. The molecule has 25 heavy (non-hydrogen) atoms. The van der Waals surface area contributed by atoms with Gasteiger partial charge < -0.3 is 14.8 Å². The molecule has 3 rings (SSSR count). The molecule has 134 valence electrons. The molecule has 0 spiro atoms. The molecule has 0 saturated heterocycles. The highest BCUT2D eigenvalue weighted by molar-refractivity contribution is 6.06. The normalized spacial score (nSPS) is 16.8. The number of carbonyl (C=O) groups is 1. The van der Waals surface area contributed by atoms with Crippen molar-refractivity contribution < 1.29 is 14.3 Å². The van der Waals surface area contributed by atoms with Crippen molar-refractivity contribution in [1.29, 1.82) is 0 Å². The number of amides is 1. The zero-order valence-corrected chi connectivity index (χ0v) is 15.3. The maximum atomic E-state index is 13.0. The number of hydrogen-bond donors (Lipinski definition) is 1. The van der Waals surface area contributed by atoms with Crippen LogP contribution in [-0.2, 0) is 9.53 Å². The number of carbonyl (C=O) groups excluding carboxylic acids is 1. The van der Waals surface area contributed by atoms with E-state index in [1.165, 1.54) is 6.42 Å². The molecule has 0 bridgehead atoms. The Balaban J connectivity index is 1.92. The van der Waals surface area contributed by atoms with E-state index >= 15 is 0 Å². The second kappa shape index (κ2) is 7.44. The van der Waals surface area contributed by atoms with Crippen LogP contribution in [0.1, 0.15) is 46.0 Å². The zero-order valence-electron chi connectivity index (χ0n) is 15.3. The molecule has 0 unspecified atom stereocenters. The van der Waals surface area contributed by atoms with Crippen LogP contribution >= 0.6 is 0 Å². The van der Waals surface area contributed by atoms with Crippen LogP contribution in [0, 0.1) is 0 Å². The van der Waals surface area contributed by atoms with Crippen molar-refractivity contribution in [3.63, 3.8) is 0 Å². The first-order valence-electron chi connectivity index (χ1n) is 9.11. The highest BCUT2D eigenvalue weighted by Gasteiger charge is 2.39. The third kappa shape index (κ3) is 3.64. The van der Waals surface area contributed by atoms with E-state index in [1.54, 1.807) is 7.11 Å². The Hall–Kier alpha value is -2.07. The number of rotatable bonds is 5. The van der Waals surface area contributed by atoms with Gasteiger partial charge in [0.1, 0.15) is 11.4 Å². The molecular formula is C21H27NO3. The number of methoxy groups -OCH3 is 1. The molecule has 1 aliphatic carbocycles. The summed E-state index contributed by atoms with van der Waals surface area (Å²) in [5.41, 5.74) is 0.102. The molecule has 0 radical (unpaired) electrons. The predicted octanol–water partition coefficient (Wildman–Crippen LogP) is 4.91. The van der Waals surface area contributed by atoms with Gasteiger partial charge in [0.05, 0.1) is 6.10 Å². The topological polar surface area (TPSA) is 47.6 Å². The maximum absolute atomic E-state index is 13.0. The van der Waals surface area contributed by atoms with Crippen molar-refractivity contribution in [2.24, 2.45) is 0 Å². The first-order chi connectivity index (χ1) is 12.1. The Morgan fingerprint density at radius 1 is 1.04 bits per heavy atom. The van der Waals surface area contributed by atoms with E-state index in [-0.39, 0.29) is 12.0 Å². The Bertz CT molecular complexity index is 748. The van der Waals surface area contributed by atoms with E-state index in [0.29, 0.717) is 0 Å². The molecule has 0 atom stereocenters. The lowest BCUT2D eigenvalue weighted by molar-refractivity contribution is -0.141. The number of benzene rings is 2. The number of fused-ring (bicyclic) bond motifs is 1. The molecule has 1 fully saturated rings. The van der Waals surface area contributed by atoms with Gasteiger partial charge in [-0.25, -0.2) is 0 Å². The van der Waals surface area contributed by atoms with Gasteiger partial charge in [0.2, 0.25) is 0 Å². The summed E-state index contributed by atoms with van der Waals surface area (Å²) in [6, 6.07) is 11.8. The molecular weight excluding hydrogens is 314 g/mol. The lowest BCUT2D eigenvalue weighted by Crippen LogP contribution is -2.46. The van der Waals surface area contributed by atoms with Crippen LogP contribution in [0.4, 0.5) is 5.69 Å². The van der Waals surface area contributed by atoms with Crippen LogP contribution in [0.5, 0.6) is 5.75 Å². The number of ether oxygens (including phenoxy) is 2. The zero-order chi connectivity index (χ0) is 17.9. The highest BCUT2D eigenvalue weighted by Crippen LogP contribution is 2.35. The molecule has 1 aliphatic rings. The standard InChI is InChI=1S/C21H27NO3/c1-15(2)25-19-12-11-18(16-9-5-6-10-17(16)19)22-20(23)21(24-3)13-7-4-8-14-21/h5-6,9-12,15H,4,7-8,13-14H2,1-3H3,(H,22,23). The van der Waals surface area contributed by atoms with Crippen molar-refractivity contribution in [3.8, 4) is 5.75 Å². The first-order valence-corrected chi connectivity index (χ1v) is 9.11. The van der Waals surface area contributed by atoms with Gasteiger partial charge in [0, 0.05) is 23.6 Å². The van der Waals surface area contributed by atoms with Gasteiger partial charge in [0.15, 0.2) is 0 Å². The summed E-state index contributed by atoms with van der Waals surface area (Å²) in [4.78, 5) is 13.0. The largest absolute Gasteiger partial charge is 0.490 e. The Morgan fingerprint density at radius 3 is 2.36 bits per heavy atom. The number of anilines is 1. The van der Waals surface area contributed by atoms with Crippen LogP contribution in [0.25, 0.3) is 10.8 Å².